The van der Waals surface area contributed by atoms with Gasteiger partial charge in [0.1, 0.15) is 11.5 Å². The largest absolute Gasteiger partial charge is 0.456 e. The maximum Gasteiger partial charge on any atom is 0.135 e. The van der Waals surface area contributed by atoms with E-state index in [2.05, 4.69) is 164 Å². The lowest BCUT2D eigenvalue weighted by Gasteiger charge is -2.24. The molecule has 0 atom stereocenters. The Bertz CT molecular complexity index is 2960. The second-order valence-electron chi connectivity index (χ2n) is 13.1. The fraction of sp³-hybridized carbons (Fsp3) is 0. The second-order valence-corrected chi connectivity index (χ2v) is 13.1. The molecule has 0 fully saturated rings. The highest BCUT2D eigenvalue weighted by Gasteiger charge is 2.24. The Labute approximate surface area is 283 Å². The normalized spacial score (nSPS) is 12.2. The van der Waals surface area contributed by atoms with Gasteiger partial charge in [0.15, 0.2) is 0 Å². The molecule has 49 heavy (non-hydrogen) atoms. The average molecular weight is 621 g/mol. The van der Waals surface area contributed by atoms with Crippen LogP contribution in [0.4, 0.5) is 0 Å². The summed E-state index contributed by atoms with van der Waals surface area (Å²) >= 11 is 0. The number of ether oxygens (including phenoxy) is 1. The van der Waals surface area contributed by atoms with Crippen LogP contribution in [0, 0.1) is 0 Å². The molecule has 0 saturated carbocycles. The van der Waals surface area contributed by atoms with Gasteiger partial charge in [-0.25, -0.2) is 0 Å². The van der Waals surface area contributed by atoms with Crippen LogP contribution in [0.3, 0.4) is 0 Å². The summed E-state index contributed by atoms with van der Waals surface area (Å²) in [4.78, 5) is 0. The Kier molecular flexibility index (Phi) is 5.45. The van der Waals surface area contributed by atoms with E-state index in [9.17, 15) is 0 Å². The van der Waals surface area contributed by atoms with E-state index in [0.29, 0.717) is 0 Å². The number of rotatable bonds is 2. The molecule has 10 aromatic carbocycles. The van der Waals surface area contributed by atoms with E-state index in [0.717, 1.165) is 17.1 Å². The molecule has 226 valence electrons. The molecule has 0 unspecified atom stereocenters. The lowest BCUT2D eigenvalue weighted by Crippen LogP contribution is -1.98. The number of benzene rings is 10. The van der Waals surface area contributed by atoms with Crippen LogP contribution in [-0.2, 0) is 0 Å². The third kappa shape index (κ3) is 3.70. The van der Waals surface area contributed by atoms with Crippen molar-refractivity contribution in [2.24, 2.45) is 0 Å². The third-order valence-electron chi connectivity index (χ3n) is 10.6. The van der Waals surface area contributed by atoms with Crippen molar-refractivity contribution in [1.82, 2.24) is 0 Å². The summed E-state index contributed by atoms with van der Waals surface area (Å²) in [6.45, 7) is 0. The summed E-state index contributed by atoms with van der Waals surface area (Å²) in [5, 5.41) is 15.1. The SMILES string of the molecule is c1ccc2c(c1)Oc1ccc(-c3c4ccccc4c(-c4cc5ccc6ccccc6c5c5ccccc45)c4ccccc34)c3cccc-2c13. The van der Waals surface area contributed by atoms with E-state index in [1.165, 1.54) is 92.5 Å². The van der Waals surface area contributed by atoms with Gasteiger partial charge in [-0.1, -0.05) is 146 Å². The van der Waals surface area contributed by atoms with Gasteiger partial charge in [-0.3, -0.25) is 0 Å². The molecule has 0 bridgehead atoms. The fourth-order valence-corrected chi connectivity index (χ4v) is 8.59. The molecule has 1 aliphatic heterocycles. The summed E-state index contributed by atoms with van der Waals surface area (Å²) in [5.41, 5.74) is 7.38. The molecular formula is C48H28O. The van der Waals surface area contributed by atoms with Crippen molar-refractivity contribution in [1.29, 1.82) is 0 Å². The Morgan fingerprint density at radius 2 is 0.816 bits per heavy atom. The van der Waals surface area contributed by atoms with Crippen LogP contribution in [0.15, 0.2) is 170 Å². The summed E-state index contributed by atoms with van der Waals surface area (Å²) in [6, 6.07) is 62.1. The predicted molar refractivity (Wildman–Crippen MR) is 208 cm³/mol. The van der Waals surface area contributed by atoms with E-state index >= 15 is 0 Å². The quantitative estimate of drug-likeness (QED) is 0.138. The van der Waals surface area contributed by atoms with E-state index in [-0.39, 0.29) is 0 Å². The number of para-hydroxylation sites is 1. The van der Waals surface area contributed by atoms with Crippen LogP contribution < -0.4 is 4.74 Å². The molecule has 0 spiro atoms. The molecule has 0 saturated heterocycles. The number of hydrogen-bond donors (Lipinski definition) is 0. The number of fused-ring (bicyclic) bond motifs is 9. The minimum atomic E-state index is 0.908. The van der Waals surface area contributed by atoms with E-state index in [1.807, 2.05) is 6.07 Å². The van der Waals surface area contributed by atoms with Gasteiger partial charge in [0.05, 0.1) is 0 Å². The number of hydrogen-bond acceptors (Lipinski definition) is 1. The smallest absolute Gasteiger partial charge is 0.135 e. The highest BCUT2D eigenvalue weighted by molar-refractivity contribution is 6.29. The Morgan fingerprint density at radius 1 is 0.265 bits per heavy atom. The van der Waals surface area contributed by atoms with Crippen LogP contribution >= 0.6 is 0 Å². The minimum absolute atomic E-state index is 0.908. The van der Waals surface area contributed by atoms with Crippen LogP contribution in [0.1, 0.15) is 0 Å². The standard InChI is InChI=1S/C48H28O/c1-2-13-31-29(12-1)24-25-30-28-42(32-14-3-4-16-34(32)45(30)31)47-38-19-7-5-17-36(38)46(37-18-6-8-20-39(37)47)41-26-27-44-48-35(21-11-22-40(41)48)33-15-9-10-23-43(33)49-44/h1-28H. The van der Waals surface area contributed by atoms with Gasteiger partial charge >= 0.3 is 0 Å². The molecular weight excluding hydrogens is 593 g/mol. The van der Waals surface area contributed by atoms with Gasteiger partial charge < -0.3 is 4.74 Å². The Morgan fingerprint density at radius 3 is 1.57 bits per heavy atom. The molecule has 11 rings (SSSR count). The average Bonchev–Trinajstić information content (AvgIpc) is 3.17. The van der Waals surface area contributed by atoms with Gasteiger partial charge in [-0.05, 0) is 111 Å². The first-order valence-electron chi connectivity index (χ1n) is 16.9. The van der Waals surface area contributed by atoms with Crippen molar-refractivity contribution in [3.05, 3.63) is 170 Å². The Hall–Kier alpha value is -6.44. The first-order chi connectivity index (χ1) is 24.3. The molecule has 1 heterocycles. The lowest BCUT2D eigenvalue weighted by molar-refractivity contribution is 0.487. The van der Waals surface area contributed by atoms with Crippen molar-refractivity contribution in [3.63, 3.8) is 0 Å². The van der Waals surface area contributed by atoms with Crippen LogP contribution in [-0.4, -0.2) is 0 Å². The van der Waals surface area contributed by atoms with Gasteiger partial charge in [-0.15, -0.1) is 0 Å². The van der Waals surface area contributed by atoms with Crippen molar-refractivity contribution in [2.45, 2.75) is 0 Å². The maximum atomic E-state index is 6.50. The molecule has 1 heteroatoms. The second kappa shape index (κ2) is 10.0. The zero-order valence-electron chi connectivity index (χ0n) is 26.6. The Balaban J connectivity index is 1.27. The monoisotopic (exact) mass is 620 g/mol. The zero-order chi connectivity index (χ0) is 32.1. The molecule has 1 aliphatic rings. The summed E-state index contributed by atoms with van der Waals surface area (Å²) in [5.74, 6) is 1.82. The summed E-state index contributed by atoms with van der Waals surface area (Å²) in [6.07, 6.45) is 0. The van der Waals surface area contributed by atoms with E-state index in [4.69, 9.17) is 4.74 Å². The van der Waals surface area contributed by atoms with E-state index in [1.54, 1.807) is 0 Å². The fourth-order valence-electron chi connectivity index (χ4n) is 8.59. The molecule has 10 aromatic rings. The summed E-state index contributed by atoms with van der Waals surface area (Å²) in [7, 11) is 0. The van der Waals surface area contributed by atoms with Crippen molar-refractivity contribution in [2.75, 3.05) is 0 Å². The van der Waals surface area contributed by atoms with E-state index < -0.39 is 0 Å². The zero-order valence-corrected chi connectivity index (χ0v) is 26.6. The lowest BCUT2D eigenvalue weighted by atomic mass is 9.82. The van der Waals surface area contributed by atoms with Gasteiger partial charge in [-0.2, -0.15) is 0 Å². The molecule has 0 aliphatic carbocycles. The first-order valence-corrected chi connectivity index (χ1v) is 16.9. The highest BCUT2D eigenvalue weighted by Crippen LogP contribution is 2.52. The molecule has 0 aromatic heterocycles. The first kappa shape index (κ1) is 26.6. The molecule has 0 radical (unpaired) electrons. The van der Waals surface area contributed by atoms with Gasteiger partial charge in [0.2, 0.25) is 0 Å². The highest BCUT2D eigenvalue weighted by atomic mass is 16.5. The van der Waals surface area contributed by atoms with Crippen LogP contribution in [0.25, 0.3) is 98.0 Å². The van der Waals surface area contributed by atoms with Gasteiger partial charge in [0.25, 0.3) is 0 Å². The molecule has 0 N–H and O–H groups in total. The third-order valence-corrected chi connectivity index (χ3v) is 10.6. The predicted octanol–water partition coefficient (Wildman–Crippen LogP) is 13.7. The topological polar surface area (TPSA) is 9.23 Å². The van der Waals surface area contributed by atoms with Gasteiger partial charge in [0, 0.05) is 10.9 Å². The van der Waals surface area contributed by atoms with Crippen molar-refractivity contribution >= 4 is 64.6 Å². The van der Waals surface area contributed by atoms with Crippen LogP contribution in [0.5, 0.6) is 11.5 Å². The molecule has 0 amide bonds. The van der Waals surface area contributed by atoms with Crippen molar-refractivity contribution in [3.8, 4) is 44.9 Å². The summed E-state index contributed by atoms with van der Waals surface area (Å²) < 4.78 is 6.50. The minimum Gasteiger partial charge on any atom is -0.456 e. The van der Waals surface area contributed by atoms with Crippen LogP contribution in [0.2, 0.25) is 0 Å². The molecule has 1 nitrogen and oxygen atoms in total. The van der Waals surface area contributed by atoms with Crippen molar-refractivity contribution < 1.29 is 4.74 Å². The maximum absolute atomic E-state index is 6.50.